The van der Waals surface area contributed by atoms with Crippen LogP contribution in [0.2, 0.25) is 0 Å². The molecule has 0 amide bonds. The van der Waals surface area contributed by atoms with Crippen molar-refractivity contribution < 1.29 is 0 Å². The quantitative estimate of drug-likeness (QED) is 0.727. The summed E-state index contributed by atoms with van der Waals surface area (Å²) in [5.74, 6) is 0. The largest absolute Gasteiger partial charge is 0.398 e. The van der Waals surface area contributed by atoms with Gasteiger partial charge in [-0.2, -0.15) is 0 Å². The van der Waals surface area contributed by atoms with Gasteiger partial charge in [0.1, 0.15) is 5.69 Å². The highest BCUT2D eigenvalue weighted by molar-refractivity contribution is 9.10. The van der Waals surface area contributed by atoms with Gasteiger partial charge in [-0.05, 0) is 46.6 Å². The summed E-state index contributed by atoms with van der Waals surface area (Å²) < 4.78 is 2.56. The third kappa shape index (κ3) is 2.45. The molecule has 3 rings (SSSR count). The van der Waals surface area contributed by atoms with E-state index in [-0.39, 0.29) is 5.56 Å². The van der Waals surface area contributed by atoms with Crippen LogP contribution in [0.25, 0.3) is 11.0 Å². The maximum absolute atomic E-state index is 12.4. The first-order valence-electron chi connectivity index (χ1n) is 6.57. The first-order chi connectivity index (χ1) is 10.1. The van der Waals surface area contributed by atoms with Crippen LogP contribution in [0.3, 0.4) is 0 Å². The first-order valence-corrected chi connectivity index (χ1v) is 7.36. The highest BCUT2D eigenvalue weighted by atomic mass is 79.9. The second kappa shape index (κ2) is 5.33. The molecule has 0 atom stereocenters. The van der Waals surface area contributed by atoms with Gasteiger partial charge in [0.15, 0.2) is 0 Å². The molecule has 1 heterocycles. The van der Waals surface area contributed by atoms with E-state index in [2.05, 4.69) is 20.9 Å². The van der Waals surface area contributed by atoms with Gasteiger partial charge in [0.25, 0.3) is 5.56 Å². The summed E-state index contributed by atoms with van der Waals surface area (Å²) in [5, 5.41) is 0. The maximum Gasteiger partial charge on any atom is 0.272 e. The molecule has 21 heavy (non-hydrogen) atoms. The van der Waals surface area contributed by atoms with Crippen molar-refractivity contribution in [2.45, 2.75) is 13.5 Å². The molecule has 5 heteroatoms. The van der Waals surface area contributed by atoms with E-state index in [0.29, 0.717) is 17.9 Å². The van der Waals surface area contributed by atoms with Crippen LogP contribution in [0.5, 0.6) is 0 Å². The van der Waals surface area contributed by atoms with Gasteiger partial charge in [-0.25, -0.2) is 4.98 Å². The molecule has 0 radical (unpaired) electrons. The molecule has 0 spiro atoms. The Morgan fingerprint density at radius 3 is 2.76 bits per heavy atom. The second-order valence-electron chi connectivity index (χ2n) is 4.90. The molecule has 0 bridgehead atoms. The molecule has 0 aliphatic carbocycles. The number of anilines is 1. The zero-order valence-electron chi connectivity index (χ0n) is 11.5. The minimum atomic E-state index is -0.0805. The van der Waals surface area contributed by atoms with Gasteiger partial charge in [0.05, 0.1) is 17.6 Å². The molecule has 0 saturated carbocycles. The number of benzene rings is 2. The Kier molecular flexibility index (Phi) is 3.51. The van der Waals surface area contributed by atoms with E-state index in [9.17, 15) is 4.79 Å². The lowest BCUT2D eigenvalue weighted by molar-refractivity contribution is 0.774. The van der Waals surface area contributed by atoms with Crippen LogP contribution < -0.4 is 11.3 Å². The highest BCUT2D eigenvalue weighted by Gasteiger charge is 2.10. The number of rotatable bonds is 2. The molecular formula is C16H14BrN3O. The van der Waals surface area contributed by atoms with E-state index in [1.165, 1.54) is 0 Å². The zero-order valence-corrected chi connectivity index (χ0v) is 13.1. The number of hydrogen-bond donors (Lipinski definition) is 1. The van der Waals surface area contributed by atoms with Crippen LogP contribution in [0.1, 0.15) is 11.3 Å². The number of para-hydroxylation sites is 2. The van der Waals surface area contributed by atoms with Gasteiger partial charge >= 0.3 is 0 Å². The third-order valence-electron chi connectivity index (χ3n) is 3.45. The van der Waals surface area contributed by atoms with Crippen LogP contribution in [-0.4, -0.2) is 9.55 Å². The van der Waals surface area contributed by atoms with Crippen molar-refractivity contribution in [1.29, 1.82) is 0 Å². The van der Waals surface area contributed by atoms with Crippen molar-refractivity contribution in [3.8, 4) is 0 Å². The molecular weight excluding hydrogens is 330 g/mol. The Labute approximate surface area is 130 Å². The van der Waals surface area contributed by atoms with Crippen molar-refractivity contribution in [3.63, 3.8) is 0 Å². The normalized spacial score (nSPS) is 11.0. The predicted molar refractivity (Wildman–Crippen MR) is 88.4 cm³/mol. The molecule has 4 nitrogen and oxygen atoms in total. The Morgan fingerprint density at radius 1 is 1.19 bits per heavy atom. The lowest BCUT2D eigenvalue weighted by Crippen LogP contribution is -2.24. The van der Waals surface area contributed by atoms with Crippen LogP contribution in [0.15, 0.2) is 51.7 Å². The second-order valence-corrected chi connectivity index (χ2v) is 5.69. The van der Waals surface area contributed by atoms with Crippen molar-refractivity contribution in [3.05, 3.63) is 68.5 Å². The molecule has 0 aliphatic rings. The maximum atomic E-state index is 12.4. The van der Waals surface area contributed by atoms with Crippen molar-refractivity contribution in [2.24, 2.45) is 0 Å². The number of nitrogen functional groups attached to an aromatic ring is 1. The van der Waals surface area contributed by atoms with Crippen molar-refractivity contribution in [2.75, 3.05) is 5.73 Å². The molecule has 0 aliphatic heterocycles. The van der Waals surface area contributed by atoms with Crippen LogP contribution >= 0.6 is 15.9 Å². The summed E-state index contributed by atoms with van der Waals surface area (Å²) in [6.07, 6.45) is 0. The number of nitrogens with two attached hydrogens (primary N) is 1. The van der Waals surface area contributed by atoms with E-state index < -0.39 is 0 Å². The molecule has 0 unspecified atom stereocenters. The number of aryl methyl sites for hydroxylation is 1. The van der Waals surface area contributed by atoms with Crippen LogP contribution in [-0.2, 0) is 6.54 Å². The van der Waals surface area contributed by atoms with E-state index in [4.69, 9.17) is 5.73 Å². The molecule has 0 fully saturated rings. The number of hydrogen-bond acceptors (Lipinski definition) is 3. The summed E-state index contributed by atoms with van der Waals surface area (Å²) in [6, 6.07) is 13.3. The molecule has 2 aromatic carbocycles. The third-order valence-corrected chi connectivity index (χ3v) is 4.42. The van der Waals surface area contributed by atoms with Crippen LogP contribution in [0, 0.1) is 6.92 Å². The number of halogens is 1. The summed E-state index contributed by atoms with van der Waals surface area (Å²) in [5.41, 5.74) is 9.59. The SMILES string of the molecule is Cc1nc2ccccc2n(Cc2cccc(N)c2Br)c1=O. The van der Waals surface area contributed by atoms with E-state index >= 15 is 0 Å². The lowest BCUT2D eigenvalue weighted by Gasteiger charge is -2.13. The standard InChI is InChI=1S/C16H14BrN3O/c1-10-16(21)20(14-8-3-2-7-13(14)19-10)9-11-5-4-6-12(18)15(11)17/h2-8H,9,18H2,1H3. The number of aromatic nitrogens is 2. The van der Waals surface area contributed by atoms with Gasteiger partial charge < -0.3 is 10.3 Å². The first kappa shape index (κ1) is 13.8. The van der Waals surface area contributed by atoms with E-state index in [1.54, 1.807) is 11.5 Å². The lowest BCUT2D eigenvalue weighted by atomic mass is 10.2. The number of fused-ring (bicyclic) bond motifs is 1. The van der Waals surface area contributed by atoms with E-state index in [1.807, 2.05) is 42.5 Å². The van der Waals surface area contributed by atoms with E-state index in [0.717, 1.165) is 21.1 Å². The summed E-state index contributed by atoms with van der Waals surface area (Å²) in [4.78, 5) is 16.8. The highest BCUT2D eigenvalue weighted by Crippen LogP contribution is 2.25. The topological polar surface area (TPSA) is 60.9 Å². The van der Waals surface area contributed by atoms with Gasteiger partial charge in [0, 0.05) is 10.2 Å². The summed E-state index contributed by atoms with van der Waals surface area (Å²) in [6.45, 7) is 2.19. The average molecular weight is 344 g/mol. The van der Waals surface area contributed by atoms with Gasteiger partial charge in [-0.3, -0.25) is 4.79 Å². The fourth-order valence-corrected chi connectivity index (χ4v) is 2.76. The molecule has 106 valence electrons. The van der Waals surface area contributed by atoms with Gasteiger partial charge in [-0.15, -0.1) is 0 Å². The molecule has 3 aromatic rings. The zero-order chi connectivity index (χ0) is 15.0. The van der Waals surface area contributed by atoms with Gasteiger partial charge in [0.2, 0.25) is 0 Å². The van der Waals surface area contributed by atoms with Crippen molar-refractivity contribution in [1.82, 2.24) is 9.55 Å². The predicted octanol–water partition coefficient (Wildman–Crippen LogP) is 3.10. The number of nitrogens with zero attached hydrogens (tertiary/aromatic N) is 2. The fourth-order valence-electron chi connectivity index (χ4n) is 2.37. The van der Waals surface area contributed by atoms with Crippen LogP contribution in [0.4, 0.5) is 5.69 Å². The van der Waals surface area contributed by atoms with Crippen molar-refractivity contribution >= 4 is 32.7 Å². The molecule has 0 saturated heterocycles. The molecule has 2 N–H and O–H groups in total. The Hall–Kier alpha value is -2.14. The average Bonchev–Trinajstić information content (AvgIpc) is 2.48. The Bertz CT molecular complexity index is 886. The summed E-state index contributed by atoms with van der Waals surface area (Å²) >= 11 is 3.49. The fraction of sp³-hybridized carbons (Fsp3) is 0.125. The monoisotopic (exact) mass is 343 g/mol. The minimum absolute atomic E-state index is 0.0805. The Morgan fingerprint density at radius 2 is 1.95 bits per heavy atom. The summed E-state index contributed by atoms with van der Waals surface area (Å²) in [7, 11) is 0. The van der Waals surface area contributed by atoms with Gasteiger partial charge in [-0.1, -0.05) is 24.3 Å². The molecule has 1 aromatic heterocycles. The Balaban J connectivity index is 2.23. The minimum Gasteiger partial charge on any atom is -0.398 e. The smallest absolute Gasteiger partial charge is 0.272 e.